The fourth-order valence-electron chi connectivity index (χ4n) is 2.72. The molecule has 0 bridgehead atoms. The highest BCUT2D eigenvalue weighted by atomic mass is 32.2. The van der Waals surface area contributed by atoms with Crippen LogP contribution in [0.1, 0.15) is 11.5 Å². The Morgan fingerprint density at radius 3 is 1.72 bits per heavy atom. The van der Waals surface area contributed by atoms with Crippen LogP contribution in [-0.4, -0.2) is 30.0 Å². The Bertz CT molecular complexity index is 1040. The zero-order valence-corrected chi connectivity index (χ0v) is 17.1. The molecule has 6 nitrogen and oxygen atoms in total. The predicted molar refractivity (Wildman–Crippen MR) is 110 cm³/mol. The molecule has 0 fully saturated rings. The second-order valence-corrected chi connectivity index (χ2v) is 9.71. The van der Waals surface area contributed by atoms with Gasteiger partial charge in [0.05, 0.1) is 16.4 Å². The molecule has 0 spiro atoms. The van der Waals surface area contributed by atoms with Crippen LogP contribution >= 0.6 is 0 Å². The second-order valence-electron chi connectivity index (χ2n) is 6.32. The Morgan fingerprint density at radius 1 is 0.690 bits per heavy atom. The molecule has 0 aromatic heterocycles. The third kappa shape index (κ3) is 5.74. The summed E-state index contributed by atoms with van der Waals surface area (Å²) in [6, 6.07) is 24.9. The summed E-state index contributed by atoms with van der Waals surface area (Å²) in [5.74, 6) is -0.492. The van der Waals surface area contributed by atoms with Crippen molar-refractivity contribution in [2.24, 2.45) is 0 Å². The zero-order valence-electron chi connectivity index (χ0n) is 15.5. The molecule has 152 valence electrons. The molecule has 0 unspecified atom stereocenters. The van der Waals surface area contributed by atoms with Gasteiger partial charge in [0, 0.05) is 12.5 Å². The maximum absolute atomic E-state index is 12.5. The predicted octanol–water partition coefficient (Wildman–Crippen LogP) is 3.15. The fourth-order valence-corrected chi connectivity index (χ4v) is 4.79. The Kier molecular flexibility index (Phi) is 6.81. The summed E-state index contributed by atoms with van der Waals surface area (Å²) in [5, 5.41) is 0. The molecule has 0 aliphatic rings. The molecule has 3 aromatic carbocycles. The van der Waals surface area contributed by atoms with Gasteiger partial charge in [-0.2, -0.15) is 8.42 Å². The first kappa shape index (κ1) is 21.2. The lowest BCUT2D eigenvalue weighted by molar-refractivity contribution is 0.291. The molecule has 0 aliphatic heterocycles. The van der Waals surface area contributed by atoms with Gasteiger partial charge in [-0.05, 0) is 29.8 Å². The molecule has 0 heterocycles. The van der Waals surface area contributed by atoms with Crippen molar-refractivity contribution in [2.75, 3.05) is 13.2 Å². The van der Waals surface area contributed by atoms with E-state index >= 15 is 0 Å². The summed E-state index contributed by atoms with van der Waals surface area (Å²) in [5.41, 5.74) is 0.770. The van der Waals surface area contributed by atoms with Gasteiger partial charge >= 0.3 is 0 Å². The van der Waals surface area contributed by atoms with Crippen molar-refractivity contribution in [1.29, 1.82) is 0 Å². The maximum atomic E-state index is 12.5. The summed E-state index contributed by atoms with van der Waals surface area (Å²) in [4.78, 5) is 0.196. The minimum absolute atomic E-state index is 0.00838. The topological polar surface area (TPSA) is 89.5 Å². The van der Waals surface area contributed by atoms with E-state index in [2.05, 4.69) is 4.72 Å². The first-order valence-corrected chi connectivity index (χ1v) is 11.8. The lowest BCUT2D eigenvalue weighted by Gasteiger charge is -2.18. The van der Waals surface area contributed by atoms with Crippen molar-refractivity contribution in [3.05, 3.63) is 96.6 Å². The van der Waals surface area contributed by atoms with Gasteiger partial charge in [-0.1, -0.05) is 66.7 Å². The van der Waals surface area contributed by atoms with E-state index in [9.17, 15) is 16.8 Å². The molecular weight excluding hydrogens is 410 g/mol. The van der Waals surface area contributed by atoms with E-state index in [1.807, 2.05) is 6.07 Å². The third-order valence-corrected chi connectivity index (χ3v) is 7.04. The summed E-state index contributed by atoms with van der Waals surface area (Å²) < 4.78 is 57.7. The number of sulfonamides is 1. The zero-order chi connectivity index (χ0) is 20.7. The Balaban J connectivity index is 1.76. The Labute approximate surface area is 171 Å². The monoisotopic (exact) mass is 431 g/mol. The number of nitrogens with one attached hydrogen (secondary N) is 1. The van der Waals surface area contributed by atoms with E-state index in [1.165, 1.54) is 24.3 Å². The van der Waals surface area contributed by atoms with E-state index in [0.717, 1.165) is 5.56 Å². The highest BCUT2D eigenvalue weighted by Gasteiger charge is 2.22. The van der Waals surface area contributed by atoms with Crippen molar-refractivity contribution in [1.82, 2.24) is 4.72 Å². The van der Waals surface area contributed by atoms with E-state index < -0.39 is 26.1 Å². The average Bonchev–Trinajstić information content (AvgIpc) is 2.75. The molecule has 0 aliphatic carbocycles. The summed E-state index contributed by atoms with van der Waals surface area (Å²) in [7, 11) is -7.67. The van der Waals surface area contributed by atoms with E-state index in [4.69, 9.17) is 4.18 Å². The van der Waals surface area contributed by atoms with Crippen LogP contribution in [-0.2, 0) is 24.3 Å². The van der Waals surface area contributed by atoms with Gasteiger partial charge in [-0.15, -0.1) is 0 Å². The second kappa shape index (κ2) is 9.32. The highest BCUT2D eigenvalue weighted by molar-refractivity contribution is 7.89. The summed E-state index contributed by atoms with van der Waals surface area (Å²) in [6.45, 7) is -0.204. The number of hydrogen-bond donors (Lipinski definition) is 1. The van der Waals surface area contributed by atoms with Crippen LogP contribution in [0.3, 0.4) is 0 Å². The van der Waals surface area contributed by atoms with Gasteiger partial charge in [0.25, 0.3) is 10.1 Å². The Hall–Kier alpha value is -2.52. The Morgan fingerprint density at radius 2 is 1.17 bits per heavy atom. The molecule has 0 radical (unpaired) electrons. The van der Waals surface area contributed by atoms with Crippen molar-refractivity contribution < 1.29 is 21.0 Å². The standard InChI is InChI=1S/C21H21NO5S2/c23-28(24,20-12-6-2-7-13-20)22-16-19(18-10-4-1-5-11-18)17-27-29(25,26)21-14-8-3-9-15-21/h1-15,19,22H,16-17H2/t19-/m1/s1. The minimum Gasteiger partial charge on any atom is -0.266 e. The van der Waals surface area contributed by atoms with E-state index in [0.29, 0.717) is 0 Å². The normalized spacial score (nSPS) is 13.1. The van der Waals surface area contributed by atoms with Crippen molar-refractivity contribution in [3.8, 4) is 0 Å². The molecule has 8 heteroatoms. The third-order valence-electron chi connectivity index (χ3n) is 4.30. The molecule has 29 heavy (non-hydrogen) atoms. The number of hydrogen-bond acceptors (Lipinski definition) is 5. The van der Waals surface area contributed by atoms with Crippen LogP contribution in [0.25, 0.3) is 0 Å². The van der Waals surface area contributed by atoms with Crippen molar-refractivity contribution >= 4 is 20.1 Å². The van der Waals surface area contributed by atoms with Gasteiger partial charge in [0.2, 0.25) is 10.0 Å². The molecule has 0 saturated carbocycles. The lowest BCUT2D eigenvalue weighted by atomic mass is 10.0. The molecular formula is C21H21NO5S2. The van der Waals surface area contributed by atoms with E-state index in [1.54, 1.807) is 60.7 Å². The molecule has 3 aromatic rings. The largest absolute Gasteiger partial charge is 0.296 e. The van der Waals surface area contributed by atoms with Crippen molar-refractivity contribution in [3.63, 3.8) is 0 Å². The van der Waals surface area contributed by atoms with Gasteiger partial charge in [0.15, 0.2) is 0 Å². The van der Waals surface area contributed by atoms with Gasteiger partial charge < -0.3 is 0 Å². The highest BCUT2D eigenvalue weighted by Crippen LogP contribution is 2.20. The lowest BCUT2D eigenvalue weighted by Crippen LogP contribution is -2.30. The molecule has 0 amide bonds. The average molecular weight is 432 g/mol. The van der Waals surface area contributed by atoms with Crippen LogP contribution in [0.15, 0.2) is 101 Å². The number of benzene rings is 3. The quantitative estimate of drug-likeness (QED) is 0.526. The van der Waals surface area contributed by atoms with Gasteiger partial charge in [-0.3, -0.25) is 4.18 Å². The SMILES string of the molecule is O=S(=O)(NC[C@H](COS(=O)(=O)c1ccccc1)c1ccccc1)c1ccccc1. The fraction of sp³-hybridized carbons (Fsp3) is 0.143. The van der Waals surface area contributed by atoms with E-state index in [-0.39, 0.29) is 22.9 Å². The summed E-state index contributed by atoms with van der Waals surface area (Å²) in [6.07, 6.45) is 0. The van der Waals surface area contributed by atoms with Gasteiger partial charge in [-0.25, -0.2) is 13.1 Å². The molecule has 1 N–H and O–H groups in total. The van der Waals surface area contributed by atoms with Crippen molar-refractivity contribution in [2.45, 2.75) is 15.7 Å². The molecule has 3 rings (SSSR count). The first-order chi connectivity index (χ1) is 13.9. The number of rotatable bonds is 9. The van der Waals surface area contributed by atoms with Crippen LogP contribution in [0.2, 0.25) is 0 Å². The molecule has 1 atom stereocenters. The van der Waals surface area contributed by atoms with Crippen LogP contribution < -0.4 is 4.72 Å². The van der Waals surface area contributed by atoms with Crippen LogP contribution in [0.5, 0.6) is 0 Å². The summed E-state index contributed by atoms with van der Waals surface area (Å²) >= 11 is 0. The smallest absolute Gasteiger partial charge is 0.266 e. The maximum Gasteiger partial charge on any atom is 0.296 e. The van der Waals surface area contributed by atoms with Gasteiger partial charge in [0.1, 0.15) is 0 Å². The first-order valence-electron chi connectivity index (χ1n) is 8.93. The van der Waals surface area contributed by atoms with Crippen LogP contribution in [0, 0.1) is 0 Å². The van der Waals surface area contributed by atoms with Crippen LogP contribution in [0.4, 0.5) is 0 Å². The minimum atomic E-state index is -3.95. The molecule has 0 saturated heterocycles.